The fraction of sp³-hybridized carbons (Fsp3) is 0.533. The number of allylic oxidation sites excluding steroid dienone is 4. The zero-order chi connectivity index (χ0) is 16.1. The molecule has 7 heteroatoms. The first kappa shape index (κ1) is 16.2. The number of carboxylic acids is 1. The maximum absolute atomic E-state index is 11.6. The smallest absolute Gasteiger partial charge is 0.360 e. The minimum absolute atomic E-state index is 0.0265. The van der Waals surface area contributed by atoms with E-state index in [0.717, 1.165) is 24.3 Å². The molecule has 0 radical (unpaired) electrons. The topological polar surface area (TPSA) is 99.4 Å². The molecule has 1 atom stereocenters. The van der Waals surface area contributed by atoms with Crippen molar-refractivity contribution in [3.8, 4) is 0 Å². The van der Waals surface area contributed by atoms with Crippen LogP contribution < -0.4 is 0 Å². The van der Waals surface area contributed by atoms with E-state index in [1.54, 1.807) is 6.08 Å². The largest absolute Gasteiger partial charge is 0.498 e. The van der Waals surface area contributed by atoms with Crippen LogP contribution in [0.15, 0.2) is 28.7 Å². The van der Waals surface area contributed by atoms with Crippen molar-refractivity contribution in [2.45, 2.75) is 38.7 Å². The van der Waals surface area contributed by atoms with E-state index in [2.05, 4.69) is 12.0 Å². The van der Waals surface area contributed by atoms with Gasteiger partial charge >= 0.3 is 5.97 Å². The Morgan fingerprint density at radius 3 is 2.82 bits per heavy atom. The molecule has 0 aromatic carbocycles. The third-order valence-corrected chi connectivity index (χ3v) is 3.51. The molecule has 0 spiro atoms. The number of nitrogens with zero attached hydrogens (tertiary/aromatic N) is 2. The monoisotopic (exact) mass is 308 g/mol. The highest BCUT2D eigenvalue weighted by Gasteiger charge is 2.34. The van der Waals surface area contributed by atoms with Crippen molar-refractivity contribution >= 4 is 17.5 Å². The Hall–Kier alpha value is -2.15. The summed E-state index contributed by atoms with van der Waals surface area (Å²) in [6.07, 6.45) is 5.63. The van der Waals surface area contributed by atoms with E-state index in [-0.39, 0.29) is 6.54 Å². The van der Waals surface area contributed by atoms with Gasteiger partial charge in [-0.2, -0.15) is 5.10 Å². The third kappa shape index (κ3) is 3.73. The maximum Gasteiger partial charge on any atom is 0.360 e. The van der Waals surface area contributed by atoms with Crippen LogP contribution in [0.5, 0.6) is 0 Å². The van der Waals surface area contributed by atoms with Crippen LogP contribution in [0.25, 0.3) is 0 Å². The van der Waals surface area contributed by atoms with Crippen LogP contribution in [0, 0.1) is 0 Å². The maximum atomic E-state index is 11.6. The number of ketones is 1. The van der Waals surface area contributed by atoms with E-state index in [1.165, 1.54) is 5.01 Å². The molecule has 0 aromatic rings. The molecule has 2 rings (SSSR count). The Morgan fingerprint density at radius 1 is 1.45 bits per heavy atom. The van der Waals surface area contributed by atoms with Gasteiger partial charge in [-0.15, -0.1) is 0 Å². The Bertz CT molecular complexity index is 550. The van der Waals surface area contributed by atoms with Gasteiger partial charge in [-0.25, -0.2) is 4.79 Å². The molecule has 1 unspecified atom stereocenters. The fourth-order valence-corrected chi connectivity index (χ4v) is 2.24. The summed E-state index contributed by atoms with van der Waals surface area (Å²) in [4.78, 5) is 22.6. The molecule has 0 fully saturated rings. The summed E-state index contributed by atoms with van der Waals surface area (Å²) in [5.74, 6) is -1.39. The second-order valence-corrected chi connectivity index (χ2v) is 5.21. The second-order valence-electron chi connectivity index (χ2n) is 5.21. The number of β-amino-alcohol motifs (C(OH)–C–C–N with tert-alkyl or cyclic N) is 1. The quantitative estimate of drug-likeness (QED) is 0.712. The van der Waals surface area contributed by atoms with Gasteiger partial charge in [0.2, 0.25) is 11.5 Å². The predicted molar refractivity (Wildman–Crippen MR) is 79.1 cm³/mol. The van der Waals surface area contributed by atoms with Gasteiger partial charge in [-0.1, -0.05) is 13.3 Å². The molecule has 0 saturated carbocycles. The molecule has 22 heavy (non-hydrogen) atoms. The number of carbonyl (C=O) groups is 2. The van der Waals surface area contributed by atoms with Crippen molar-refractivity contribution in [1.82, 2.24) is 5.01 Å². The van der Waals surface area contributed by atoms with E-state index in [0.29, 0.717) is 19.4 Å². The number of aliphatic hydroxyl groups is 1. The van der Waals surface area contributed by atoms with Crippen LogP contribution in [0.4, 0.5) is 0 Å². The number of hydrazone groups is 1. The highest BCUT2D eigenvalue weighted by Crippen LogP contribution is 2.24. The summed E-state index contributed by atoms with van der Waals surface area (Å²) in [6.45, 7) is 2.75. The number of ether oxygens (including phenoxy) is 1. The minimum Gasteiger partial charge on any atom is -0.498 e. The number of unbranched alkanes of at least 4 members (excludes halogenated alkanes) is 1. The molecule has 2 N–H and O–H groups in total. The van der Waals surface area contributed by atoms with E-state index in [4.69, 9.17) is 9.84 Å². The minimum atomic E-state index is -1.43. The van der Waals surface area contributed by atoms with Gasteiger partial charge in [0.25, 0.3) is 0 Å². The lowest BCUT2D eigenvalue weighted by atomic mass is 10.1. The number of aliphatic carboxylic acids is 1. The van der Waals surface area contributed by atoms with Gasteiger partial charge in [0.05, 0.1) is 18.9 Å². The zero-order valence-electron chi connectivity index (χ0n) is 12.5. The first-order valence-corrected chi connectivity index (χ1v) is 7.37. The van der Waals surface area contributed by atoms with Crippen LogP contribution in [-0.4, -0.2) is 51.9 Å². The summed E-state index contributed by atoms with van der Waals surface area (Å²) in [5.41, 5.74) is 0.127. The van der Waals surface area contributed by atoms with Crippen LogP contribution in [0.1, 0.15) is 32.6 Å². The van der Waals surface area contributed by atoms with Crippen LogP contribution in [0.3, 0.4) is 0 Å². The molecule has 2 aliphatic rings. The lowest BCUT2D eigenvalue weighted by Crippen LogP contribution is -2.46. The van der Waals surface area contributed by atoms with Crippen molar-refractivity contribution in [3.63, 3.8) is 0 Å². The van der Waals surface area contributed by atoms with Gasteiger partial charge in [0.1, 0.15) is 6.10 Å². The molecule has 0 aromatic heterocycles. The van der Waals surface area contributed by atoms with E-state index >= 15 is 0 Å². The standard InChI is InChI=1S/C15H20N2O5/c1-2-3-8-22-11-6-4-10(5-7-11)17-9-12(18)14(19)13(16-17)15(20)21/h4,6,12,18H,2-3,5,7-9H2,1H3,(H,20,21). The van der Waals surface area contributed by atoms with E-state index in [9.17, 15) is 14.7 Å². The number of carboxylic acid groups (broad SMARTS) is 1. The van der Waals surface area contributed by atoms with E-state index < -0.39 is 23.6 Å². The SMILES string of the molecule is CCCCOC1=CC=C(N2CC(O)C(=O)C(C(=O)O)=N2)CC1. The molecule has 1 heterocycles. The number of Topliss-reactive ketones (excluding diaryl/α,β-unsaturated/α-hetero) is 1. The lowest BCUT2D eigenvalue weighted by Gasteiger charge is -2.29. The summed E-state index contributed by atoms with van der Waals surface area (Å²) >= 11 is 0. The molecule has 1 aliphatic heterocycles. The van der Waals surface area contributed by atoms with Gasteiger partial charge in [-0.05, 0) is 25.0 Å². The summed E-state index contributed by atoms with van der Waals surface area (Å²) in [6, 6.07) is 0. The molecule has 0 saturated heterocycles. The van der Waals surface area contributed by atoms with Gasteiger partial charge < -0.3 is 14.9 Å². The van der Waals surface area contributed by atoms with Crippen molar-refractivity contribution in [2.24, 2.45) is 5.10 Å². The van der Waals surface area contributed by atoms with Gasteiger partial charge in [0.15, 0.2) is 0 Å². The van der Waals surface area contributed by atoms with Crippen molar-refractivity contribution in [1.29, 1.82) is 0 Å². The highest BCUT2D eigenvalue weighted by molar-refractivity contribution is 6.65. The highest BCUT2D eigenvalue weighted by atomic mass is 16.5. The predicted octanol–water partition coefficient (Wildman–Crippen LogP) is 1.05. The van der Waals surface area contributed by atoms with Crippen molar-refractivity contribution in [3.05, 3.63) is 23.6 Å². The van der Waals surface area contributed by atoms with Crippen LogP contribution in [0.2, 0.25) is 0 Å². The molecule has 1 aliphatic carbocycles. The van der Waals surface area contributed by atoms with Crippen molar-refractivity contribution in [2.75, 3.05) is 13.2 Å². The van der Waals surface area contributed by atoms with Crippen LogP contribution >= 0.6 is 0 Å². The molecule has 120 valence electrons. The number of carbonyl (C=O) groups excluding carboxylic acids is 1. The van der Waals surface area contributed by atoms with Crippen molar-refractivity contribution < 1.29 is 24.5 Å². The van der Waals surface area contributed by atoms with Crippen LogP contribution in [-0.2, 0) is 14.3 Å². The number of hydrogen-bond acceptors (Lipinski definition) is 6. The van der Waals surface area contributed by atoms with E-state index in [1.807, 2.05) is 6.08 Å². The van der Waals surface area contributed by atoms with Gasteiger partial charge in [-0.3, -0.25) is 9.80 Å². The summed E-state index contributed by atoms with van der Waals surface area (Å²) < 4.78 is 5.62. The second kappa shape index (κ2) is 7.22. The van der Waals surface area contributed by atoms with Gasteiger partial charge in [0, 0.05) is 12.1 Å². The zero-order valence-corrected chi connectivity index (χ0v) is 12.5. The molecule has 0 amide bonds. The third-order valence-electron chi connectivity index (χ3n) is 3.51. The number of aliphatic hydroxyl groups excluding tert-OH is 1. The molecular formula is C15H20N2O5. The number of hydrogen-bond donors (Lipinski definition) is 2. The Kier molecular flexibility index (Phi) is 5.32. The number of rotatable bonds is 6. The Morgan fingerprint density at radius 2 is 2.23 bits per heavy atom. The molecular weight excluding hydrogens is 288 g/mol. The summed E-state index contributed by atoms with van der Waals surface area (Å²) in [7, 11) is 0. The summed E-state index contributed by atoms with van der Waals surface area (Å²) in [5, 5.41) is 23.9. The normalized spacial score (nSPS) is 21.9. The molecule has 7 nitrogen and oxygen atoms in total. The molecule has 0 bridgehead atoms. The first-order chi connectivity index (χ1) is 10.5. The Labute approximate surface area is 128 Å². The lowest BCUT2D eigenvalue weighted by molar-refractivity contribution is -0.132. The Balaban J connectivity index is 2.09. The fourth-order valence-electron chi connectivity index (χ4n) is 2.24. The average Bonchev–Trinajstić information content (AvgIpc) is 2.50. The average molecular weight is 308 g/mol. The first-order valence-electron chi connectivity index (χ1n) is 7.37.